The summed E-state index contributed by atoms with van der Waals surface area (Å²) in [6.07, 6.45) is 0.121. The predicted molar refractivity (Wildman–Crippen MR) is 77.5 cm³/mol. The Hall–Kier alpha value is -1.32. The van der Waals surface area contributed by atoms with Crippen LogP contribution in [0.1, 0.15) is 47.2 Å². The van der Waals surface area contributed by atoms with Gasteiger partial charge in [0.1, 0.15) is 0 Å². The number of hydrogen-bond acceptors (Lipinski definition) is 4. The average molecular weight is 263 g/mol. The summed E-state index contributed by atoms with van der Waals surface area (Å²) in [4.78, 5) is 8.89. The molecule has 0 spiro atoms. The summed E-state index contributed by atoms with van der Waals surface area (Å²) in [5.41, 5.74) is 1.45. The number of aromatic nitrogens is 2. The first-order valence-electron chi connectivity index (χ1n) is 6.93. The van der Waals surface area contributed by atoms with Gasteiger partial charge < -0.3 is 10.1 Å². The standard InChI is InChI=1S/C15H25N3O/c1-9(2)19-11-8-10(3)16-13(17-11)18-12-14(4,5)15(12,6)7/h8-9,12H,1-7H3,(H,16,17,18). The fourth-order valence-electron chi connectivity index (χ4n) is 2.59. The van der Waals surface area contributed by atoms with Crippen LogP contribution in [0.25, 0.3) is 0 Å². The summed E-state index contributed by atoms with van der Waals surface area (Å²) in [7, 11) is 0. The van der Waals surface area contributed by atoms with E-state index in [0.717, 1.165) is 5.69 Å². The molecule has 0 unspecified atom stereocenters. The molecule has 0 radical (unpaired) electrons. The van der Waals surface area contributed by atoms with E-state index in [1.807, 2.05) is 26.8 Å². The number of nitrogens with one attached hydrogen (secondary N) is 1. The van der Waals surface area contributed by atoms with Crippen LogP contribution in [0.15, 0.2) is 6.07 Å². The van der Waals surface area contributed by atoms with Crippen molar-refractivity contribution in [2.75, 3.05) is 5.32 Å². The van der Waals surface area contributed by atoms with Crippen molar-refractivity contribution < 1.29 is 4.74 Å². The van der Waals surface area contributed by atoms with Crippen LogP contribution >= 0.6 is 0 Å². The van der Waals surface area contributed by atoms with Crippen LogP contribution < -0.4 is 10.1 Å². The molecular formula is C15H25N3O. The summed E-state index contributed by atoms with van der Waals surface area (Å²) in [5, 5.41) is 3.45. The van der Waals surface area contributed by atoms with Crippen molar-refractivity contribution in [2.24, 2.45) is 10.8 Å². The number of rotatable bonds is 4. The van der Waals surface area contributed by atoms with Gasteiger partial charge in [0.15, 0.2) is 0 Å². The van der Waals surface area contributed by atoms with Crippen LogP contribution in [-0.4, -0.2) is 22.1 Å². The first-order valence-corrected chi connectivity index (χ1v) is 6.93. The molecule has 4 nitrogen and oxygen atoms in total. The van der Waals surface area contributed by atoms with Crippen molar-refractivity contribution >= 4 is 5.95 Å². The van der Waals surface area contributed by atoms with Crippen LogP contribution in [0.4, 0.5) is 5.95 Å². The quantitative estimate of drug-likeness (QED) is 0.904. The monoisotopic (exact) mass is 263 g/mol. The van der Waals surface area contributed by atoms with Gasteiger partial charge in [0, 0.05) is 17.8 Å². The Labute approximate surface area is 116 Å². The fraction of sp³-hybridized carbons (Fsp3) is 0.733. The third-order valence-electron chi connectivity index (χ3n) is 4.48. The molecule has 0 aliphatic heterocycles. The van der Waals surface area contributed by atoms with E-state index < -0.39 is 0 Å². The molecule has 1 N–H and O–H groups in total. The topological polar surface area (TPSA) is 47.0 Å². The SMILES string of the molecule is Cc1cc(OC(C)C)nc(NC2C(C)(C)C2(C)C)n1. The zero-order valence-corrected chi connectivity index (χ0v) is 13.0. The molecule has 19 heavy (non-hydrogen) atoms. The van der Waals surface area contributed by atoms with Crippen molar-refractivity contribution in [3.8, 4) is 5.88 Å². The van der Waals surface area contributed by atoms with Gasteiger partial charge in [0.25, 0.3) is 0 Å². The lowest BCUT2D eigenvalue weighted by molar-refractivity contribution is 0.232. The van der Waals surface area contributed by atoms with E-state index in [0.29, 0.717) is 17.9 Å². The van der Waals surface area contributed by atoms with Crippen LogP contribution in [0, 0.1) is 17.8 Å². The van der Waals surface area contributed by atoms with Crippen LogP contribution in [-0.2, 0) is 0 Å². The molecule has 1 heterocycles. The van der Waals surface area contributed by atoms with Gasteiger partial charge in [-0.1, -0.05) is 27.7 Å². The maximum absolute atomic E-state index is 5.65. The van der Waals surface area contributed by atoms with E-state index in [1.165, 1.54) is 0 Å². The number of nitrogens with zero attached hydrogens (tertiary/aromatic N) is 2. The minimum atomic E-state index is 0.121. The van der Waals surface area contributed by atoms with Crippen molar-refractivity contribution in [3.05, 3.63) is 11.8 Å². The molecule has 1 aromatic heterocycles. The molecule has 1 aliphatic rings. The maximum atomic E-state index is 5.65. The van der Waals surface area contributed by atoms with Gasteiger partial charge >= 0.3 is 0 Å². The van der Waals surface area contributed by atoms with Crippen molar-refractivity contribution in [2.45, 2.75) is 60.6 Å². The summed E-state index contributed by atoms with van der Waals surface area (Å²) >= 11 is 0. The van der Waals surface area contributed by atoms with Crippen molar-refractivity contribution in [3.63, 3.8) is 0 Å². The molecule has 1 aliphatic carbocycles. The molecular weight excluding hydrogens is 238 g/mol. The molecule has 0 atom stereocenters. The molecule has 0 bridgehead atoms. The second-order valence-electron chi connectivity index (χ2n) is 6.86. The lowest BCUT2D eigenvalue weighted by Gasteiger charge is -2.12. The normalized spacial score (nSPS) is 20.4. The van der Waals surface area contributed by atoms with Gasteiger partial charge in [-0.2, -0.15) is 4.98 Å². The van der Waals surface area contributed by atoms with Crippen LogP contribution in [0.5, 0.6) is 5.88 Å². The van der Waals surface area contributed by atoms with E-state index in [4.69, 9.17) is 4.74 Å². The highest BCUT2D eigenvalue weighted by atomic mass is 16.5. The third kappa shape index (κ3) is 2.53. The Morgan fingerprint density at radius 3 is 2.21 bits per heavy atom. The molecule has 106 valence electrons. The van der Waals surface area contributed by atoms with E-state index in [9.17, 15) is 0 Å². The summed E-state index contributed by atoms with van der Waals surface area (Å²) in [6, 6.07) is 2.27. The number of ether oxygens (including phenoxy) is 1. The van der Waals surface area contributed by atoms with Gasteiger partial charge in [-0.25, -0.2) is 4.98 Å². The molecule has 0 aromatic carbocycles. The van der Waals surface area contributed by atoms with E-state index in [1.54, 1.807) is 0 Å². The van der Waals surface area contributed by atoms with Gasteiger partial charge in [0.05, 0.1) is 6.10 Å². The van der Waals surface area contributed by atoms with Crippen LogP contribution in [0.3, 0.4) is 0 Å². The highest BCUT2D eigenvalue weighted by molar-refractivity contribution is 5.38. The van der Waals surface area contributed by atoms with Gasteiger partial charge in [-0.05, 0) is 31.6 Å². The van der Waals surface area contributed by atoms with Gasteiger partial charge in [-0.3, -0.25) is 0 Å². The third-order valence-corrected chi connectivity index (χ3v) is 4.48. The smallest absolute Gasteiger partial charge is 0.226 e. The highest BCUT2D eigenvalue weighted by Crippen LogP contribution is 2.63. The summed E-state index contributed by atoms with van der Waals surface area (Å²) in [5.74, 6) is 1.31. The zero-order chi connectivity index (χ0) is 14.4. The van der Waals surface area contributed by atoms with Crippen molar-refractivity contribution in [1.82, 2.24) is 9.97 Å². The van der Waals surface area contributed by atoms with Crippen LogP contribution in [0.2, 0.25) is 0 Å². The molecule has 0 saturated heterocycles. The fourth-order valence-corrected chi connectivity index (χ4v) is 2.59. The molecule has 0 amide bonds. The summed E-state index contributed by atoms with van der Waals surface area (Å²) < 4.78 is 5.65. The highest BCUT2D eigenvalue weighted by Gasteiger charge is 2.65. The number of hydrogen-bond donors (Lipinski definition) is 1. The molecule has 4 heteroatoms. The number of aryl methyl sites for hydroxylation is 1. The van der Waals surface area contributed by atoms with E-state index in [2.05, 4.69) is 43.0 Å². The minimum absolute atomic E-state index is 0.121. The summed E-state index contributed by atoms with van der Waals surface area (Å²) in [6.45, 7) is 15.0. The predicted octanol–water partition coefficient (Wildman–Crippen LogP) is 3.42. The van der Waals surface area contributed by atoms with E-state index in [-0.39, 0.29) is 16.9 Å². The van der Waals surface area contributed by atoms with E-state index >= 15 is 0 Å². The Morgan fingerprint density at radius 1 is 1.16 bits per heavy atom. The molecule has 2 rings (SSSR count). The molecule has 1 fully saturated rings. The Kier molecular flexibility index (Phi) is 3.23. The Morgan fingerprint density at radius 2 is 1.74 bits per heavy atom. The lowest BCUT2D eigenvalue weighted by atomic mass is 10.0. The van der Waals surface area contributed by atoms with Gasteiger partial charge in [0.2, 0.25) is 11.8 Å². The first-order chi connectivity index (χ1) is 8.64. The zero-order valence-electron chi connectivity index (χ0n) is 13.0. The molecule has 1 saturated carbocycles. The first kappa shape index (κ1) is 14.1. The second kappa shape index (κ2) is 4.36. The Balaban J connectivity index is 2.16. The maximum Gasteiger partial charge on any atom is 0.226 e. The Bertz CT molecular complexity index is 466. The van der Waals surface area contributed by atoms with Gasteiger partial charge in [-0.15, -0.1) is 0 Å². The molecule has 1 aromatic rings. The minimum Gasteiger partial charge on any atom is -0.475 e. The second-order valence-corrected chi connectivity index (χ2v) is 6.86. The number of anilines is 1. The lowest BCUT2D eigenvalue weighted by Crippen LogP contribution is -2.14. The van der Waals surface area contributed by atoms with Crippen molar-refractivity contribution in [1.29, 1.82) is 0 Å². The average Bonchev–Trinajstić information content (AvgIpc) is 2.59. The largest absolute Gasteiger partial charge is 0.475 e.